The second-order valence-electron chi connectivity index (χ2n) is 6.15. The van der Waals surface area contributed by atoms with Crippen molar-refractivity contribution < 1.29 is 19.4 Å². The van der Waals surface area contributed by atoms with Gasteiger partial charge in [0.2, 0.25) is 0 Å². The Balaban J connectivity index is 1.58. The summed E-state index contributed by atoms with van der Waals surface area (Å²) in [6.07, 6.45) is 1.81. The number of carboxylic acids is 1. The van der Waals surface area contributed by atoms with Gasteiger partial charge in [0.15, 0.2) is 0 Å². The number of nitrogens with zero attached hydrogens (tertiary/aromatic N) is 1. The lowest BCUT2D eigenvalue weighted by molar-refractivity contribution is -0.0246. The van der Waals surface area contributed by atoms with Crippen LogP contribution in [0.25, 0.3) is 0 Å². The molecule has 3 rings (SSSR count). The van der Waals surface area contributed by atoms with E-state index in [0.717, 1.165) is 12.8 Å². The van der Waals surface area contributed by atoms with E-state index in [-0.39, 0.29) is 17.6 Å². The number of amides is 1. The molecular weight excluding hydrogens is 318 g/mol. The molecule has 5 heteroatoms. The molecule has 130 valence electrons. The Labute approximate surface area is 146 Å². The molecular formula is C20H21NO4. The van der Waals surface area contributed by atoms with Gasteiger partial charge in [-0.3, -0.25) is 4.79 Å². The van der Waals surface area contributed by atoms with Crippen LogP contribution in [0.1, 0.15) is 32.7 Å². The molecule has 1 saturated heterocycles. The molecule has 1 amide bonds. The van der Waals surface area contributed by atoms with E-state index in [4.69, 9.17) is 9.84 Å². The molecule has 1 aliphatic heterocycles. The molecule has 1 N–H and O–H groups in total. The number of ether oxygens (including phenoxy) is 1. The summed E-state index contributed by atoms with van der Waals surface area (Å²) >= 11 is 0. The maximum Gasteiger partial charge on any atom is 0.335 e. The van der Waals surface area contributed by atoms with Crippen LogP contribution in [0.15, 0.2) is 54.6 Å². The second kappa shape index (κ2) is 7.94. The van der Waals surface area contributed by atoms with Crippen molar-refractivity contribution in [1.29, 1.82) is 0 Å². The topological polar surface area (TPSA) is 66.8 Å². The van der Waals surface area contributed by atoms with Crippen molar-refractivity contribution in [3.63, 3.8) is 0 Å². The summed E-state index contributed by atoms with van der Waals surface area (Å²) in [5.74, 6) is -1.07. The molecule has 5 nitrogen and oxygen atoms in total. The molecule has 1 atom stereocenters. The van der Waals surface area contributed by atoms with Gasteiger partial charge < -0.3 is 14.7 Å². The summed E-state index contributed by atoms with van der Waals surface area (Å²) < 4.78 is 5.79. The Morgan fingerprint density at radius 1 is 1.04 bits per heavy atom. The highest BCUT2D eigenvalue weighted by Gasteiger charge is 2.25. The van der Waals surface area contributed by atoms with Gasteiger partial charge in [-0.25, -0.2) is 4.79 Å². The third kappa shape index (κ3) is 4.45. The van der Waals surface area contributed by atoms with Crippen molar-refractivity contribution in [3.05, 3.63) is 71.3 Å². The van der Waals surface area contributed by atoms with Gasteiger partial charge in [0.05, 0.1) is 18.3 Å². The highest BCUT2D eigenvalue weighted by molar-refractivity contribution is 5.96. The molecule has 0 saturated carbocycles. The minimum atomic E-state index is -0.994. The van der Waals surface area contributed by atoms with E-state index in [1.807, 2.05) is 18.2 Å². The van der Waals surface area contributed by atoms with Crippen LogP contribution in [-0.4, -0.2) is 47.7 Å². The van der Waals surface area contributed by atoms with Crippen molar-refractivity contribution in [3.8, 4) is 0 Å². The number of carbonyl (C=O) groups excluding carboxylic acids is 1. The number of hydrogen-bond donors (Lipinski definition) is 1. The molecule has 1 aliphatic rings. The second-order valence-corrected chi connectivity index (χ2v) is 6.15. The first-order chi connectivity index (χ1) is 12.1. The van der Waals surface area contributed by atoms with Crippen molar-refractivity contribution in [1.82, 2.24) is 4.90 Å². The van der Waals surface area contributed by atoms with E-state index >= 15 is 0 Å². The standard InChI is InChI=1S/C20H21NO4/c22-19(16-7-9-17(10-8-16)20(23)24)21-12-13-25-18(14-21)11-6-15-4-2-1-3-5-15/h1-5,7-10,18H,6,11-14H2,(H,23,24). The van der Waals surface area contributed by atoms with Crippen LogP contribution >= 0.6 is 0 Å². The highest BCUT2D eigenvalue weighted by Crippen LogP contribution is 2.15. The molecule has 2 aromatic carbocycles. The fraction of sp³-hybridized carbons (Fsp3) is 0.300. The van der Waals surface area contributed by atoms with Crippen LogP contribution in [0.3, 0.4) is 0 Å². The summed E-state index contributed by atoms with van der Waals surface area (Å²) in [5, 5.41) is 8.94. The number of aromatic carboxylic acids is 1. The average molecular weight is 339 g/mol. The monoisotopic (exact) mass is 339 g/mol. The molecule has 1 unspecified atom stereocenters. The highest BCUT2D eigenvalue weighted by atomic mass is 16.5. The Bertz CT molecular complexity index is 727. The molecule has 1 heterocycles. The predicted molar refractivity (Wildman–Crippen MR) is 93.8 cm³/mol. The Morgan fingerprint density at radius 2 is 1.72 bits per heavy atom. The van der Waals surface area contributed by atoms with Crippen molar-refractivity contribution in [2.45, 2.75) is 18.9 Å². The van der Waals surface area contributed by atoms with Crippen LogP contribution in [0.5, 0.6) is 0 Å². The predicted octanol–water partition coefficient (Wildman–Crippen LogP) is 2.86. The Kier molecular flexibility index (Phi) is 5.46. The summed E-state index contributed by atoms with van der Waals surface area (Å²) in [4.78, 5) is 25.3. The number of carboxylic acid groups (broad SMARTS) is 1. The fourth-order valence-electron chi connectivity index (χ4n) is 2.99. The summed E-state index contributed by atoms with van der Waals surface area (Å²) in [5.41, 5.74) is 1.95. The first-order valence-corrected chi connectivity index (χ1v) is 8.41. The van der Waals surface area contributed by atoms with E-state index in [1.54, 1.807) is 17.0 Å². The normalized spacial score (nSPS) is 17.3. The number of benzene rings is 2. The third-order valence-corrected chi connectivity index (χ3v) is 4.40. The lowest BCUT2D eigenvalue weighted by Gasteiger charge is -2.33. The summed E-state index contributed by atoms with van der Waals surface area (Å²) in [7, 11) is 0. The average Bonchev–Trinajstić information content (AvgIpc) is 2.67. The van der Waals surface area contributed by atoms with Gasteiger partial charge in [0.25, 0.3) is 5.91 Å². The van der Waals surface area contributed by atoms with Gasteiger partial charge in [-0.1, -0.05) is 30.3 Å². The number of hydrogen-bond acceptors (Lipinski definition) is 3. The van der Waals surface area contributed by atoms with Crippen molar-refractivity contribution in [2.24, 2.45) is 0 Å². The molecule has 0 radical (unpaired) electrons. The summed E-state index contributed by atoms with van der Waals surface area (Å²) in [6.45, 7) is 1.64. The van der Waals surface area contributed by atoms with E-state index in [2.05, 4.69) is 12.1 Å². The van der Waals surface area contributed by atoms with Crippen LogP contribution in [0.4, 0.5) is 0 Å². The molecule has 25 heavy (non-hydrogen) atoms. The molecule has 0 spiro atoms. The van der Waals surface area contributed by atoms with Gasteiger partial charge in [0.1, 0.15) is 0 Å². The van der Waals surface area contributed by atoms with E-state index < -0.39 is 5.97 Å². The van der Waals surface area contributed by atoms with Gasteiger partial charge in [0, 0.05) is 18.7 Å². The maximum absolute atomic E-state index is 12.6. The number of carbonyl (C=O) groups is 2. The SMILES string of the molecule is O=C(O)c1ccc(C(=O)N2CCOC(CCc3ccccc3)C2)cc1. The van der Waals surface area contributed by atoms with Crippen LogP contribution in [-0.2, 0) is 11.2 Å². The Morgan fingerprint density at radius 3 is 2.40 bits per heavy atom. The van der Waals surface area contributed by atoms with Gasteiger partial charge in [-0.15, -0.1) is 0 Å². The Hall–Kier alpha value is -2.66. The number of morpholine rings is 1. The van der Waals surface area contributed by atoms with Gasteiger partial charge in [-0.2, -0.15) is 0 Å². The largest absolute Gasteiger partial charge is 0.478 e. The minimum absolute atomic E-state index is 0.0243. The number of rotatable bonds is 5. The van der Waals surface area contributed by atoms with E-state index in [0.29, 0.717) is 25.3 Å². The van der Waals surface area contributed by atoms with Gasteiger partial charge >= 0.3 is 5.97 Å². The molecule has 0 aromatic heterocycles. The smallest absolute Gasteiger partial charge is 0.335 e. The van der Waals surface area contributed by atoms with Gasteiger partial charge in [-0.05, 0) is 42.7 Å². The molecule has 1 fully saturated rings. The van der Waals surface area contributed by atoms with E-state index in [1.165, 1.54) is 17.7 Å². The van der Waals surface area contributed by atoms with Crippen molar-refractivity contribution >= 4 is 11.9 Å². The summed E-state index contributed by atoms with van der Waals surface area (Å²) in [6, 6.07) is 16.3. The molecule has 2 aromatic rings. The zero-order valence-electron chi connectivity index (χ0n) is 13.9. The lowest BCUT2D eigenvalue weighted by Crippen LogP contribution is -2.45. The first kappa shape index (κ1) is 17.2. The van der Waals surface area contributed by atoms with Crippen LogP contribution in [0, 0.1) is 0 Å². The maximum atomic E-state index is 12.6. The molecule has 0 aliphatic carbocycles. The third-order valence-electron chi connectivity index (χ3n) is 4.40. The van der Waals surface area contributed by atoms with Crippen molar-refractivity contribution in [2.75, 3.05) is 19.7 Å². The lowest BCUT2D eigenvalue weighted by atomic mass is 10.0. The minimum Gasteiger partial charge on any atom is -0.478 e. The fourth-order valence-corrected chi connectivity index (χ4v) is 2.99. The molecule has 0 bridgehead atoms. The number of aryl methyl sites for hydroxylation is 1. The quantitative estimate of drug-likeness (QED) is 0.910. The van der Waals surface area contributed by atoms with Crippen LogP contribution in [0.2, 0.25) is 0 Å². The zero-order chi connectivity index (χ0) is 17.6. The van der Waals surface area contributed by atoms with E-state index in [9.17, 15) is 9.59 Å². The first-order valence-electron chi connectivity index (χ1n) is 8.41. The van der Waals surface area contributed by atoms with Crippen LogP contribution < -0.4 is 0 Å². The zero-order valence-corrected chi connectivity index (χ0v) is 13.9.